The van der Waals surface area contributed by atoms with Crippen LogP contribution >= 0.6 is 0 Å². The van der Waals surface area contributed by atoms with Gasteiger partial charge >= 0.3 is 0 Å². The first-order valence-electron chi connectivity index (χ1n) is 7.13. The molecule has 1 saturated heterocycles. The van der Waals surface area contributed by atoms with Crippen LogP contribution in [-0.2, 0) is 0 Å². The van der Waals surface area contributed by atoms with Crippen LogP contribution in [0.4, 0.5) is 0 Å². The first kappa shape index (κ1) is 13.6. The fraction of sp³-hybridized carbons (Fsp3) is 0.235. The van der Waals surface area contributed by atoms with E-state index in [0.717, 1.165) is 12.1 Å². The minimum Gasteiger partial charge on any atom is -0.508 e. The van der Waals surface area contributed by atoms with Crippen LogP contribution in [0.25, 0.3) is 6.08 Å². The molecule has 0 aliphatic carbocycles. The second kappa shape index (κ2) is 6.41. The van der Waals surface area contributed by atoms with Crippen LogP contribution in [-0.4, -0.2) is 22.7 Å². The number of nitrogens with zero attached hydrogens (tertiary/aromatic N) is 1. The number of phenols is 1. The lowest BCUT2D eigenvalue weighted by molar-refractivity contribution is 0.463. The van der Waals surface area contributed by atoms with E-state index in [4.69, 9.17) is 4.74 Å². The standard InChI is InChI=1S/C17H18N2O2/c20-15-5-7-16(8-6-15)21-17-10-13(11-18-12-17)3-4-14-2-1-9-19-14/h3-8,10-12,14,19-20H,1-2,9H2/b4-3+. The summed E-state index contributed by atoms with van der Waals surface area (Å²) >= 11 is 0. The summed E-state index contributed by atoms with van der Waals surface area (Å²) in [7, 11) is 0. The van der Waals surface area contributed by atoms with Gasteiger partial charge in [-0.15, -0.1) is 0 Å². The van der Waals surface area contributed by atoms with Gasteiger partial charge in [-0.3, -0.25) is 4.98 Å². The van der Waals surface area contributed by atoms with Crippen molar-refractivity contribution in [3.8, 4) is 17.2 Å². The van der Waals surface area contributed by atoms with Gasteiger partial charge in [0, 0.05) is 12.2 Å². The van der Waals surface area contributed by atoms with Gasteiger partial charge in [0.25, 0.3) is 0 Å². The number of aromatic hydroxyl groups is 1. The van der Waals surface area contributed by atoms with Crippen molar-refractivity contribution < 1.29 is 9.84 Å². The molecule has 21 heavy (non-hydrogen) atoms. The lowest BCUT2D eigenvalue weighted by Crippen LogP contribution is -2.17. The van der Waals surface area contributed by atoms with Crippen LogP contribution in [0, 0.1) is 0 Å². The third kappa shape index (κ3) is 3.83. The van der Waals surface area contributed by atoms with Gasteiger partial charge in [0.2, 0.25) is 0 Å². The topological polar surface area (TPSA) is 54.4 Å². The van der Waals surface area contributed by atoms with Crippen molar-refractivity contribution >= 4 is 6.08 Å². The highest BCUT2D eigenvalue weighted by molar-refractivity contribution is 5.51. The minimum atomic E-state index is 0.223. The van der Waals surface area contributed by atoms with Gasteiger partial charge in [-0.05, 0) is 55.3 Å². The van der Waals surface area contributed by atoms with E-state index in [1.54, 1.807) is 30.5 Å². The average Bonchev–Trinajstić information content (AvgIpc) is 3.01. The maximum atomic E-state index is 9.26. The van der Waals surface area contributed by atoms with E-state index < -0.39 is 0 Å². The van der Waals surface area contributed by atoms with Gasteiger partial charge < -0.3 is 15.2 Å². The zero-order valence-electron chi connectivity index (χ0n) is 11.7. The van der Waals surface area contributed by atoms with E-state index in [1.807, 2.05) is 12.3 Å². The van der Waals surface area contributed by atoms with Gasteiger partial charge in [0.15, 0.2) is 0 Å². The molecule has 108 valence electrons. The lowest BCUT2D eigenvalue weighted by Gasteiger charge is -2.06. The average molecular weight is 282 g/mol. The lowest BCUT2D eigenvalue weighted by atomic mass is 10.2. The summed E-state index contributed by atoms with van der Waals surface area (Å²) in [4.78, 5) is 4.20. The Balaban J connectivity index is 1.69. The fourth-order valence-electron chi connectivity index (χ4n) is 2.34. The molecule has 1 aliphatic heterocycles. The molecular weight excluding hydrogens is 264 g/mol. The molecule has 0 saturated carbocycles. The Morgan fingerprint density at radius 1 is 1.19 bits per heavy atom. The maximum absolute atomic E-state index is 9.26. The van der Waals surface area contributed by atoms with Gasteiger partial charge in [0.05, 0.1) is 6.20 Å². The number of aromatic nitrogens is 1. The molecule has 2 heterocycles. The first-order valence-corrected chi connectivity index (χ1v) is 7.13. The molecule has 0 radical (unpaired) electrons. The molecule has 4 nitrogen and oxygen atoms in total. The Kier molecular flexibility index (Phi) is 4.17. The smallest absolute Gasteiger partial charge is 0.146 e. The predicted octanol–water partition coefficient (Wildman–Crippen LogP) is 3.34. The summed E-state index contributed by atoms with van der Waals surface area (Å²) in [6.07, 6.45) is 10.2. The third-order valence-electron chi connectivity index (χ3n) is 3.43. The van der Waals surface area contributed by atoms with Gasteiger partial charge in [0.1, 0.15) is 17.2 Å². The van der Waals surface area contributed by atoms with E-state index in [-0.39, 0.29) is 5.75 Å². The van der Waals surface area contributed by atoms with E-state index >= 15 is 0 Å². The number of rotatable bonds is 4. The second-order valence-electron chi connectivity index (χ2n) is 5.11. The minimum absolute atomic E-state index is 0.223. The van der Waals surface area contributed by atoms with Crippen LogP contribution < -0.4 is 10.1 Å². The summed E-state index contributed by atoms with van der Waals surface area (Å²) < 4.78 is 5.72. The van der Waals surface area contributed by atoms with Crippen molar-refractivity contribution in [3.05, 3.63) is 54.4 Å². The Hall–Kier alpha value is -2.33. The Morgan fingerprint density at radius 2 is 2.05 bits per heavy atom. The normalized spacial score (nSPS) is 18.2. The summed E-state index contributed by atoms with van der Waals surface area (Å²) in [5, 5.41) is 12.7. The Morgan fingerprint density at radius 3 is 2.81 bits per heavy atom. The molecule has 0 spiro atoms. The fourth-order valence-corrected chi connectivity index (χ4v) is 2.34. The second-order valence-corrected chi connectivity index (χ2v) is 5.11. The number of phenolic OH excluding ortho intramolecular Hbond substituents is 1. The molecule has 0 bridgehead atoms. The molecule has 0 amide bonds. The van der Waals surface area contributed by atoms with E-state index in [9.17, 15) is 5.11 Å². The SMILES string of the molecule is Oc1ccc(Oc2cncc(/C=C/C3CCCN3)c2)cc1. The Bertz CT molecular complexity index is 617. The molecule has 2 N–H and O–H groups in total. The molecule has 1 fully saturated rings. The number of benzene rings is 1. The van der Waals surface area contributed by atoms with E-state index in [0.29, 0.717) is 17.5 Å². The number of hydrogen-bond donors (Lipinski definition) is 2. The van der Waals surface area contributed by atoms with E-state index in [2.05, 4.69) is 22.5 Å². The molecule has 3 rings (SSSR count). The monoisotopic (exact) mass is 282 g/mol. The van der Waals surface area contributed by atoms with Crippen LogP contribution in [0.2, 0.25) is 0 Å². The molecule has 1 atom stereocenters. The van der Waals surface area contributed by atoms with Crippen molar-refractivity contribution in [1.82, 2.24) is 10.3 Å². The number of nitrogens with one attached hydrogen (secondary N) is 1. The van der Waals surface area contributed by atoms with Crippen LogP contribution in [0.3, 0.4) is 0 Å². The molecule has 1 unspecified atom stereocenters. The third-order valence-corrected chi connectivity index (χ3v) is 3.43. The summed E-state index contributed by atoms with van der Waals surface area (Å²) in [5.41, 5.74) is 1.01. The first-order chi connectivity index (χ1) is 10.3. The number of hydrogen-bond acceptors (Lipinski definition) is 4. The summed E-state index contributed by atoms with van der Waals surface area (Å²) in [6, 6.07) is 9.05. The van der Waals surface area contributed by atoms with Gasteiger partial charge in [-0.1, -0.05) is 12.2 Å². The summed E-state index contributed by atoms with van der Waals surface area (Å²) in [6.45, 7) is 1.09. The van der Waals surface area contributed by atoms with Crippen LogP contribution in [0.15, 0.2) is 48.8 Å². The van der Waals surface area contributed by atoms with Crippen molar-refractivity contribution in [3.63, 3.8) is 0 Å². The zero-order valence-corrected chi connectivity index (χ0v) is 11.7. The molecule has 1 aromatic carbocycles. The maximum Gasteiger partial charge on any atom is 0.146 e. The van der Waals surface area contributed by atoms with E-state index in [1.165, 1.54) is 12.8 Å². The molecule has 2 aromatic rings. The number of ether oxygens (including phenoxy) is 1. The van der Waals surface area contributed by atoms with Crippen molar-refractivity contribution in [1.29, 1.82) is 0 Å². The summed E-state index contributed by atoms with van der Waals surface area (Å²) in [5.74, 6) is 1.58. The largest absolute Gasteiger partial charge is 0.508 e. The highest BCUT2D eigenvalue weighted by Gasteiger charge is 2.09. The highest BCUT2D eigenvalue weighted by atomic mass is 16.5. The number of pyridine rings is 1. The molecule has 1 aliphatic rings. The zero-order chi connectivity index (χ0) is 14.5. The highest BCUT2D eigenvalue weighted by Crippen LogP contribution is 2.23. The van der Waals surface area contributed by atoms with Crippen LogP contribution in [0.1, 0.15) is 18.4 Å². The molecule has 4 heteroatoms. The quantitative estimate of drug-likeness (QED) is 0.903. The molecular formula is C17H18N2O2. The Labute approximate surface area is 124 Å². The van der Waals surface area contributed by atoms with Gasteiger partial charge in [-0.25, -0.2) is 0 Å². The van der Waals surface area contributed by atoms with Crippen molar-refractivity contribution in [2.45, 2.75) is 18.9 Å². The van der Waals surface area contributed by atoms with Gasteiger partial charge in [-0.2, -0.15) is 0 Å². The predicted molar refractivity (Wildman–Crippen MR) is 82.5 cm³/mol. The van der Waals surface area contributed by atoms with Crippen molar-refractivity contribution in [2.24, 2.45) is 0 Å². The molecule has 1 aromatic heterocycles. The van der Waals surface area contributed by atoms with Crippen molar-refractivity contribution in [2.75, 3.05) is 6.54 Å². The van der Waals surface area contributed by atoms with Crippen LogP contribution in [0.5, 0.6) is 17.2 Å².